The fraction of sp³-hybridized carbons (Fsp3) is 0.236. The van der Waals surface area contributed by atoms with Crippen LogP contribution in [-0.4, -0.2) is 63.5 Å². The summed E-state index contributed by atoms with van der Waals surface area (Å²) >= 11 is 0. The zero-order chi connectivity index (χ0) is 43.1. The first-order chi connectivity index (χ1) is 30.9. The first kappa shape index (κ1) is 41.3. The molecule has 3 heterocycles. The van der Waals surface area contributed by atoms with Crippen molar-refractivity contribution in [2.75, 3.05) is 18.4 Å². The van der Waals surface area contributed by atoms with E-state index in [4.69, 9.17) is 0 Å². The highest BCUT2D eigenvalue weighted by molar-refractivity contribution is 5.99. The topological polar surface area (TPSA) is 103 Å². The Hall–Kier alpha value is -7.06. The number of nitrogens with zero attached hydrogens (tertiary/aromatic N) is 2. The molecule has 1 aromatic heterocycles. The number of amides is 3. The second-order valence-electron chi connectivity index (χ2n) is 17.0. The average molecular weight is 833 g/mol. The van der Waals surface area contributed by atoms with Crippen molar-refractivity contribution >= 4 is 40.1 Å². The van der Waals surface area contributed by atoms with Crippen LogP contribution in [0, 0.1) is 0 Å². The lowest BCUT2D eigenvalue weighted by Crippen LogP contribution is -2.45. The van der Waals surface area contributed by atoms with E-state index in [9.17, 15) is 19.2 Å². The van der Waals surface area contributed by atoms with Crippen LogP contribution in [-0.2, 0) is 38.4 Å². The molecule has 2 saturated heterocycles. The van der Waals surface area contributed by atoms with Gasteiger partial charge in [0.05, 0.1) is 17.9 Å². The summed E-state index contributed by atoms with van der Waals surface area (Å²) in [7, 11) is 0. The van der Waals surface area contributed by atoms with Crippen molar-refractivity contribution < 1.29 is 19.2 Å². The minimum Gasteiger partial charge on any atom is -0.355 e. The van der Waals surface area contributed by atoms with Crippen LogP contribution in [0.15, 0.2) is 170 Å². The number of benzene rings is 6. The maximum absolute atomic E-state index is 14.3. The Balaban J connectivity index is 0.843. The molecule has 3 amide bonds. The van der Waals surface area contributed by atoms with Crippen LogP contribution >= 0.6 is 0 Å². The van der Waals surface area contributed by atoms with Crippen molar-refractivity contribution in [2.45, 2.75) is 68.9 Å². The highest BCUT2D eigenvalue weighted by atomic mass is 16.2. The number of aromatic nitrogens is 1. The molecule has 2 aliphatic heterocycles. The number of rotatable bonds is 14. The molecule has 4 atom stereocenters. The molecule has 8 heteroatoms. The number of carbonyl (C=O) groups is 4. The maximum atomic E-state index is 14.3. The predicted octanol–water partition coefficient (Wildman–Crippen LogP) is 9.92. The molecule has 2 aliphatic rings. The van der Waals surface area contributed by atoms with Crippen molar-refractivity contribution in [3.05, 3.63) is 198 Å². The summed E-state index contributed by atoms with van der Waals surface area (Å²) in [5.41, 5.74) is 8.49. The molecule has 2 N–H and O–H groups in total. The van der Waals surface area contributed by atoms with Gasteiger partial charge in [0.1, 0.15) is 6.04 Å². The number of ketones is 1. The zero-order valence-electron chi connectivity index (χ0n) is 35.4. The fourth-order valence-electron chi connectivity index (χ4n) is 9.56. The van der Waals surface area contributed by atoms with Gasteiger partial charge in [-0.15, -0.1) is 0 Å². The van der Waals surface area contributed by atoms with Crippen LogP contribution in [0.4, 0.5) is 5.69 Å². The molecule has 8 nitrogen and oxygen atoms in total. The Kier molecular flexibility index (Phi) is 12.4. The number of carbonyl (C=O) groups excluding carboxylic acids is 4. The number of fused-ring (bicyclic) bond motifs is 1. The van der Waals surface area contributed by atoms with E-state index in [2.05, 4.69) is 34.6 Å². The summed E-state index contributed by atoms with van der Waals surface area (Å²) in [6.07, 6.45) is 4.26. The van der Waals surface area contributed by atoms with Crippen molar-refractivity contribution in [1.29, 1.82) is 0 Å². The first-order valence-electron chi connectivity index (χ1n) is 22.2. The Morgan fingerprint density at radius 3 is 1.62 bits per heavy atom. The molecule has 6 aromatic carbocycles. The Bertz CT molecular complexity index is 2680. The maximum Gasteiger partial charge on any atom is 0.247 e. The Morgan fingerprint density at radius 2 is 1.06 bits per heavy atom. The van der Waals surface area contributed by atoms with Crippen LogP contribution in [0.1, 0.15) is 65.3 Å². The Morgan fingerprint density at radius 1 is 0.556 bits per heavy atom. The van der Waals surface area contributed by atoms with Crippen LogP contribution < -0.4 is 5.32 Å². The Labute approximate surface area is 369 Å². The number of aromatic amines is 1. The van der Waals surface area contributed by atoms with Gasteiger partial charge in [-0.2, -0.15) is 0 Å². The van der Waals surface area contributed by atoms with E-state index in [0.717, 1.165) is 62.8 Å². The summed E-state index contributed by atoms with van der Waals surface area (Å²) in [6.45, 7) is 1.13. The quantitative estimate of drug-likeness (QED) is 0.114. The van der Waals surface area contributed by atoms with E-state index in [1.165, 1.54) is 0 Å². The molecular weight excluding hydrogens is 781 g/mol. The lowest BCUT2D eigenvalue weighted by atomic mass is 9.90. The zero-order valence-corrected chi connectivity index (χ0v) is 35.4. The standard InChI is InChI=1S/C55H52N4O4/c60-52(50-23-13-31-58(50)54(62)46(41-19-9-3-10-20-41)34-38-15-5-1-6-16-38)36-40-25-30-48-44(33-40)37-49(57-48)43-26-28-45(29-27-43)56-53(61)51-24-14-32-59(51)55(63)47(42-21-11-4-12-22-42)35-39-17-7-2-8-18-39/h1-12,15-22,25-30,33,37,46-47,50-51,57H,13-14,23-24,31-32,34-36H2,(H,56,61)/t46?,47?,50-,51-/m0/s1. The third-order valence-corrected chi connectivity index (χ3v) is 12.8. The van der Waals surface area contributed by atoms with E-state index in [-0.39, 0.29) is 41.8 Å². The third kappa shape index (κ3) is 9.41. The number of Topliss-reactive ketones (excluding diaryl/α,β-unsaturated/α-hetero) is 1. The SMILES string of the molecule is O=C(Cc1ccc2[nH]c(-c3ccc(NC(=O)[C@@H]4CCCN4C(=O)C(Cc4ccccc4)c4ccccc4)cc3)cc2c1)[C@@H]1CCCN1C(=O)C(Cc1ccccc1)c1ccccc1. The fourth-order valence-corrected chi connectivity index (χ4v) is 9.56. The largest absolute Gasteiger partial charge is 0.355 e. The molecule has 7 aromatic rings. The van der Waals surface area contributed by atoms with E-state index in [1.54, 1.807) is 4.90 Å². The number of likely N-dealkylation sites (tertiary alicyclic amines) is 2. The first-order valence-corrected chi connectivity index (χ1v) is 22.2. The van der Waals surface area contributed by atoms with Crippen molar-refractivity contribution in [1.82, 2.24) is 14.8 Å². The average Bonchev–Trinajstić information content (AvgIpc) is 4.12. The van der Waals surface area contributed by atoms with Crippen LogP contribution in [0.2, 0.25) is 0 Å². The minimum atomic E-state index is -0.544. The van der Waals surface area contributed by atoms with Crippen LogP contribution in [0.5, 0.6) is 0 Å². The summed E-state index contributed by atoms with van der Waals surface area (Å²) < 4.78 is 0. The number of hydrogen-bond acceptors (Lipinski definition) is 4. The molecule has 2 unspecified atom stereocenters. The summed E-state index contributed by atoms with van der Waals surface area (Å²) in [4.78, 5) is 63.3. The monoisotopic (exact) mass is 832 g/mol. The third-order valence-electron chi connectivity index (χ3n) is 12.8. The van der Waals surface area contributed by atoms with Crippen LogP contribution in [0.3, 0.4) is 0 Å². The molecule has 0 saturated carbocycles. The van der Waals surface area contributed by atoms with E-state index in [1.807, 2.05) is 150 Å². The van der Waals surface area contributed by atoms with Gasteiger partial charge in [-0.05, 0) is 102 Å². The lowest BCUT2D eigenvalue weighted by Gasteiger charge is -2.29. The normalized spacial score (nSPS) is 17.1. The summed E-state index contributed by atoms with van der Waals surface area (Å²) in [5.74, 6) is -0.870. The second-order valence-corrected chi connectivity index (χ2v) is 17.0. The molecule has 9 rings (SSSR count). The van der Waals surface area contributed by atoms with E-state index in [0.29, 0.717) is 44.5 Å². The summed E-state index contributed by atoms with van der Waals surface area (Å²) in [5, 5.41) is 4.08. The molecule has 2 fully saturated rings. The number of anilines is 1. The highest BCUT2D eigenvalue weighted by Crippen LogP contribution is 2.32. The molecule has 0 spiro atoms. The molecule has 0 aliphatic carbocycles. The number of H-pyrrole nitrogens is 1. The van der Waals surface area contributed by atoms with Gasteiger partial charge in [-0.1, -0.05) is 140 Å². The van der Waals surface area contributed by atoms with Gasteiger partial charge in [0.25, 0.3) is 0 Å². The van der Waals surface area contributed by atoms with Crippen molar-refractivity contribution in [3.63, 3.8) is 0 Å². The smallest absolute Gasteiger partial charge is 0.247 e. The number of nitrogens with one attached hydrogen (secondary N) is 2. The minimum absolute atomic E-state index is 0.0133. The molecule has 63 heavy (non-hydrogen) atoms. The van der Waals surface area contributed by atoms with Gasteiger partial charge < -0.3 is 20.1 Å². The second kappa shape index (κ2) is 18.9. The van der Waals surface area contributed by atoms with Gasteiger partial charge in [0.2, 0.25) is 17.7 Å². The van der Waals surface area contributed by atoms with Gasteiger partial charge in [0, 0.05) is 41.8 Å². The van der Waals surface area contributed by atoms with Gasteiger partial charge >= 0.3 is 0 Å². The number of hydrogen-bond donors (Lipinski definition) is 2. The molecule has 0 radical (unpaired) electrons. The molecule has 316 valence electrons. The van der Waals surface area contributed by atoms with E-state index < -0.39 is 12.1 Å². The van der Waals surface area contributed by atoms with Crippen molar-refractivity contribution in [2.24, 2.45) is 0 Å². The van der Waals surface area contributed by atoms with E-state index >= 15 is 0 Å². The highest BCUT2D eigenvalue weighted by Gasteiger charge is 2.39. The van der Waals surface area contributed by atoms with Crippen LogP contribution in [0.25, 0.3) is 22.2 Å². The van der Waals surface area contributed by atoms with Gasteiger partial charge in [-0.25, -0.2) is 0 Å². The van der Waals surface area contributed by atoms with Gasteiger partial charge in [-0.3, -0.25) is 19.2 Å². The molecular formula is C55H52N4O4. The lowest BCUT2D eigenvalue weighted by molar-refractivity contribution is -0.138. The molecule has 0 bridgehead atoms. The van der Waals surface area contributed by atoms with Gasteiger partial charge in [0.15, 0.2) is 5.78 Å². The predicted molar refractivity (Wildman–Crippen MR) is 249 cm³/mol. The summed E-state index contributed by atoms with van der Waals surface area (Å²) in [6, 6.07) is 54.8. The van der Waals surface area contributed by atoms with Crippen molar-refractivity contribution in [3.8, 4) is 11.3 Å².